The maximum Gasteiger partial charge on any atom is 0.232 e. The van der Waals surface area contributed by atoms with Gasteiger partial charge in [0.2, 0.25) is 17.8 Å². The van der Waals surface area contributed by atoms with Gasteiger partial charge in [-0.2, -0.15) is 10.1 Å². The SMILES string of the molecule is c1nc(Nc2cnn(C[C@@H]3CNCCO3)c2)nc(N2CCN(c3ncc(CCC4CC4)cn3)CC2)n1. The summed E-state index contributed by atoms with van der Waals surface area (Å²) in [7, 11) is 0. The number of nitrogens with one attached hydrogen (secondary N) is 2. The zero-order valence-electron chi connectivity index (χ0n) is 20.5. The summed E-state index contributed by atoms with van der Waals surface area (Å²) in [5.74, 6) is 2.90. The van der Waals surface area contributed by atoms with Gasteiger partial charge in [-0.1, -0.05) is 12.8 Å². The molecule has 3 aromatic heterocycles. The number of piperazine rings is 1. The Morgan fingerprint density at radius 3 is 2.53 bits per heavy atom. The Labute approximate surface area is 210 Å². The van der Waals surface area contributed by atoms with Crippen molar-refractivity contribution in [2.75, 3.05) is 61.0 Å². The Morgan fingerprint density at radius 1 is 0.972 bits per heavy atom. The van der Waals surface area contributed by atoms with Crippen LogP contribution in [0.3, 0.4) is 0 Å². The van der Waals surface area contributed by atoms with Crippen LogP contribution in [-0.4, -0.2) is 86.7 Å². The molecular formula is C24H33N11O. The van der Waals surface area contributed by atoms with Crippen LogP contribution >= 0.6 is 0 Å². The van der Waals surface area contributed by atoms with Crippen molar-refractivity contribution in [3.63, 3.8) is 0 Å². The van der Waals surface area contributed by atoms with E-state index in [-0.39, 0.29) is 6.10 Å². The Morgan fingerprint density at radius 2 is 1.78 bits per heavy atom. The summed E-state index contributed by atoms with van der Waals surface area (Å²) in [6, 6.07) is 0. The van der Waals surface area contributed by atoms with E-state index in [1.54, 1.807) is 12.5 Å². The third-order valence-electron chi connectivity index (χ3n) is 6.92. The monoisotopic (exact) mass is 491 g/mol. The Kier molecular flexibility index (Phi) is 6.85. The second kappa shape index (κ2) is 10.7. The molecule has 1 saturated carbocycles. The van der Waals surface area contributed by atoms with Gasteiger partial charge in [-0.25, -0.2) is 19.9 Å². The first-order chi connectivity index (χ1) is 17.8. The normalized spacial score (nSPS) is 20.5. The highest BCUT2D eigenvalue weighted by atomic mass is 16.5. The van der Waals surface area contributed by atoms with E-state index in [0.29, 0.717) is 18.4 Å². The average Bonchev–Trinajstić information content (AvgIpc) is 3.67. The predicted molar refractivity (Wildman–Crippen MR) is 135 cm³/mol. The summed E-state index contributed by atoms with van der Waals surface area (Å²) in [5.41, 5.74) is 2.07. The minimum atomic E-state index is 0.129. The molecular weight excluding hydrogens is 458 g/mol. The molecule has 5 heterocycles. The van der Waals surface area contributed by atoms with Gasteiger partial charge in [-0.05, 0) is 24.3 Å². The van der Waals surface area contributed by atoms with Gasteiger partial charge in [0.15, 0.2) is 0 Å². The van der Waals surface area contributed by atoms with Crippen LogP contribution in [0.2, 0.25) is 0 Å². The fourth-order valence-corrected chi connectivity index (χ4v) is 4.63. The number of anilines is 4. The number of hydrogen-bond acceptors (Lipinski definition) is 11. The van der Waals surface area contributed by atoms with Crippen LogP contribution in [0.4, 0.5) is 23.5 Å². The van der Waals surface area contributed by atoms with E-state index in [1.807, 2.05) is 23.3 Å². The van der Waals surface area contributed by atoms with E-state index < -0.39 is 0 Å². The number of morpholine rings is 1. The van der Waals surface area contributed by atoms with Crippen molar-refractivity contribution in [3.05, 3.63) is 36.7 Å². The van der Waals surface area contributed by atoms with Crippen molar-refractivity contribution in [1.82, 2.24) is 40.0 Å². The van der Waals surface area contributed by atoms with Crippen LogP contribution in [0, 0.1) is 5.92 Å². The Hall–Kier alpha value is -3.38. The fraction of sp³-hybridized carbons (Fsp3) is 0.583. The van der Waals surface area contributed by atoms with Gasteiger partial charge in [-0.3, -0.25) is 4.68 Å². The lowest BCUT2D eigenvalue weighted by Crippen LogP contribution is -2.47. The molecule has 2 aliphatic heterocycles. The van der Waals surface area contributed by atoms with E-state index in [9.17, 15) is 0 Å². The minimum Gasteiger partial charge on any atom is -0.374 e. The largest absolute Gasteiger partial charge is 0.374 e. The summed E-state index contributed by atoms with van der Waals surface area (Å²) in [6.45, 7) is 6.41. The zero-order valence-corrected chi connectivity index (χ0v) is 20.5. The first-order valence-electron chi connectivity index (χ1n) is 12.9. The third-order valence-corrected chi connectivity index (χ3v) is 6.92. The molecule has 3 aliphatic rings. The molecule has 6 rings (SSSR count). The Bertz CT molecular complexity index is 1120. The molecule has 2 saturated heterocycles. The van der Waals surface area contributed by atoms with E-state index >= 15 is 0 Å². The highest BCUT2D eigenvalue weighted by Crippen LogP contribution is 2.33. The van der Waals surface area contributed by atoms with Crippen LogP contribution < -0.4 is 20.4 Å². The highest BCUT2D eigenvalue weighted by molar-refractivity contribution is 5.51. The lowest BCUT2D eigenvalue weighted by molar-refractivity contribution is 0.0161. The van der Waals surface area contributed by atoms with Crippen molar-refractivity contribution >= 4 is 23.5 Å². The van der Waals surface area contributed by atoms with Crippen LogP contribution in [0.1, 0.15) is 24.8 Å². The molecule has 0 bridgehead atoms. The van der Waals surface area contributed by atoms with Gasteiger partial charge in [0.25, 0.3) is 0 Å². The molecule has 3 fully saturated rings. The lowest BCUT2D eigenvalue weighted by Gasteiger charge is -2.34. The molecule has 0 spiro atoms. The molecule has 0 amide bonds. The van der Waals surface area contributed by atoms with Gasteiger partial charge in [0, 0.05) is 57.9 Å². The van der Waals surface area contributed by atoms with Crippen LogP contribution in [-0.2, 0) is 17.7 Å². The summed E-state index contributed by atoms with van der Waals surface area (Å²) < 4.78 is 7.64. The average molecular weight is 492 g/mol. The first-order valence-corrected chi connectivity index (χ1v) is 12.9. The summed E-state index contributed by atoms with van der Waals surface area (Å²) in [4.78, 5) is 27.0. The van der Waals surface area contributed by atoms with Crippen LogP contribution in [0.15, 0.2) is 31.1 Å². The van der Waals surface area contributed by atoms with Crippen molar-refractivity contribution in [2.24, 2.45) is 5.92 Å². The zero-order chi connectivity index (χ0) is 24.2. The van der Waals surface area contributed by atoms with E-state index in [1.165, 1.54) is 24.8 Å². The number of aryl methyl sites for hydroxylation is 1. The molecule has 0 aromatic carbocycles. The van der Waals surface area contributed by atoms with Gasteiger partial charge < -0.3 is 25.2 Å². The number of ether oxygens (including phenoxy) is 1. The number of rotatable bonds is 9. The van der Waals surface area contributed by atoms with E-state index in [4.69, 9.17) is 4.74 Å². The van der Waals surface area contributed by atoms with E-state index in [2.05, 4.69) is 50.5 Å². The molecule has 12 nitrogen and oxygen atoms in total. The topological polar surface area (TPSA) is 122 Å². The number of aromatic nitrogens is 7. The quantitative estimate of drug-likeness (QED) is 0.450. The third kappa shape index (κ3) is 5.88. The van der Waals surface area contributed by atoms with Gasteiger partial charge in [0.1, 0.15) is 6.33 Å². The molecule has 2 N–H and O–H groups in total. The smallest absolute Gasteiger partial charge is 0.232 e. The van der Waals surface area contributed by atoms with Crippen LogP contribution in [0.25, 0.3) is 0 Å². The molecule has 0 radical (unpaired) electrons. The van der Waals surface area contributed by atoms with Gasteiger partial charge >= 0.3 is 0 Å². The standard InChI is InChI=1S/C24H33N11O/c1-2-18(1)3-4-19-11-26-23(27-12-19)33-6-8-34(9-7-33)24-29-17-28-22(32-24)31-20-13-30-35(15-20)16-21-14-25-5-10-36-21/h11-13,15,17-18,21,25H,1-10,14,16H2,(H,28,29,31,32)/t21-/m0/s1. The van der Waals surface area contributed by atoms with Crippen LogP contribution in [0.5, 0.6) is 0 Å². The summed E-state index contributed by atoms with van der Waals surface area (Å²) >= 11 is 0. The molecule has 1 aliphatic carbocycles. The molecule has 1 atom stereocenters. The maximum absolute atomic E-state index is 5.76. The lowest BCUT2D eigenvalue weighted by atomic mass is 10.1. The van der Waals surface area contributed by atoms with Crippen molar-refractivity contribution in [3.8, 4) is 0 Å². The number of nitrogens with zero attached hydrogens (tertiary/aromatic N) is 9. The summed E-state index contributed by atoms with van der Waals surface area (Å²) in [6.07, 6.45) is 14.5. The van der Waals surface area contributed by atoms with Gasteiger partial charge in [-0.15, -0.1) is 0 Å². The van der Waals surface area contributed by atoms with Crippen molar-refractivity contribution in [1.29, 1.82) is 0 Å². The minimum absolute atomic E-state index is 0.129. The number of hydrogen-bond donors (Lipinski definition) is 2. The molecule has 12 heteroatoms. The summed E-state index contributed by atoms with van der Waals surface area (Å²) in [5, 5.41) is 11.0. The molecule has 36 heavy (non-hydrogen) atoms. The maximum atomic E-state index is 5.76. The predicted octanol–water partition coefficient (Wildman–Crippen LogP) is 1.26. The molecule has 190 valence electrons. The molecule has 3 aromatic rings. The van der Waals surface area contributed by atoms with E-state index in [0.717, 1.165) is 69.8 Å². The van der Waals surface area contributed by atoms with Gasteiger partial charge in [0.05, 0.1) is 31.1 Å². The fourth-order valence-electron chi connectivity index (χ4n) is 4.63. The first kappa shape index (κ1) is 23.0. The second-order valence-corrected chi connectivity index (χ2v) is 9.73. The van der Waals surface area contributed by atoms with Crippen molar-refractivity contribution < 1.29 is 4.74 Å². The molecule has 0 unspecified atom stereocenters. The van der Waals surface area contributed by atoms with Crippen molar-refractivity contribution in [2.45, 2.75) is 38.3 Å². The highest BCUT2D eigenvalue weighted by Gasteiger charge is 2.23. The Balaban J connectivity index is 1.01. The second-order valence-electron chi connectivity index (χ2n) is 9.73.